The predicted octanol–water partition coefficient (Wildman–Crippen LogP) is 2.85. The Bertz CT molecular complexity index is 648. The molecule has 1 N–H and O–H groups in total. The number of amides is 1. The Kier molecular flexibility index (Phi) is 4.76. The molecule has 0 aliphatic rings. The van der Waals surface area contributed by atoms with Gasteiger partial charge in [-0.25, -0.2) is 0 Å². The molecular weight excluding hydrogens is 375 g/mol. The molecule has 0 atom stereocenters. The van der Waals surface area contributed by atoms with Crippen molar-refractivity contribution < 1.29 is 4.79 Å². The maximum Gasteiger partial charge on any atom is 0.307 e. The van der Waals surface area contributed by atoms with E-state index in [-0.39, 0.29) is 10.8 Å². The highest BCUT2D eigenvalue weighted by Gasteiger charge is 2.06. The van der Waals surface area contributed by atoms with Crippen molar-refractivity contribution in [1.29, 1.82) is 0 Å². The summed E-state index contributed by atoms with van der Waals surface area (Å²) in [6, 6.07) is 7.61. The topological polar surface area (TPSA) is 51.1 Å². The zero-order valence-electron chi connectivity index (χ0n) is 10.4. The summed E-state index contributed by atoms with van der Waals surface area (Å²) >= 11 is 3.36. The lowest BCUT2D eigenvalue weighted by atomic mass is 10.3. The number of benzene rings is 1. The summed E-state index contributed by atoms with van der Waals surface area (Å²) < 4.78 is 2.69. The summed E-state index contributed by atoms with van der Waals surface area (Å²) in [5.74, 6) is -0.0838. The number of aromatic nitrogens is 1. The number of hydrogen-bond donors (Lipinski definition) is 1. The van der Waals surface area contributed by atoms with Gasteiger partial charge in [0.1, 0.15) is 0 Å². The largest absolute Gasteiger partial charge is 0.326 e. The molecule has 2 rings (SSSR count). The van der Waals surface area contributed by atoms with Gasteiger partial charge in [0.05, 0.1) is 0 Å². The van der Waals surface area contributed by atoms with Crippen molar-refractivity contribution in [1.82, 2.24) is 4.57 Å². The highest BCUT2D eigenvalue weighted by atomic mass is 127. The quantitative estimate of drug-likeness (QED) is 0.820. The Balaban J connectivity index is 1.94. The molecule has 0 unspecified atom stereocenters. The molecule has 1 aromatic heterocycles. The molecule has 0 spiro atoms. The molecule has 6 heteroatoms. The number of nitrogens with zero attached hydrogens (tertiary/aromatic N) is 1. The number of aryl methyl sites for hydroxylation is 1. The van der Waals surface area contributed by atoms with Crippen molar-refractivity contribution in [3.63, 3.8) is 0 Å². The van der Waals surface area contributed by atoms with Gasteiger partial charge >= 0.3 is 4.87 Å². The molecule has 0 bridgehead atoms. The molecule has 2 aromatic rings. The van der Waals surface area contributed by atoms with Crippen LogP contribution in [0.2, 0.25) is 0 Å². The third-order valence-electron chi connectivity index (χ3n) is 2.65. The van der Waals surface area contributed by atoms with E-state index in [9.17, 15) is 9.59 Å². The minimum absolute atomic E-state index is 0.0143. The van der Waals surface area contributed by atoms with Crippen molar-refractivity contribution >= 4 is 45.5 Å². The molecule has 0 saturated carbocycles. The first kappa shape index (κ1) is 14.3. The summed E-state index contributed by atoms with van der Waals surface area (Å²) in [4.78, 5) is 23.3. The third kappa shape index (κ3) is 3.90. The number of nitrogens with one attached hydrogen (secondary N) is 1. The van der Waals surface area contributed by atoms with Crippen LogP contribution >= 0.6 is 33.9 Å². The van der Waals surface area contributed by atoms with Gasteiger partial charge < -0.3 is 9.88 Å². The normalized spacial score (nSPS) is 10.4. The Morgan fingerprint density at radius 1 is 1.47 bits per heavy atom. The van der Waals surface area contributed by atoms with Gasteiger partial charge in [-0.2, -0.15) is 0 Å². The Morgan fingerprint density at radius 3 is 2.89 bits per heavy atom. The first-order valence-electron chi connectivity index (χ1n) is 5.76. The molecule has 1 amide bonds. The second kappa shape index (κ2) is 6.33. The van der Waals surface area contributed by atoms with Crippen molar-refractivity contribution in [3.8, 4) is 0 Å². The lowest BCUT2D eigenvalue weighted by Crippen LogP contribution is -2.20. The fourth-order valence-corrected chi connectivity index (χ4v) is 2.98. The predicted molar refractivity (Wildman–Crippen MR) is 85.7 cm³/mol. The van der Waals surface area contributed by atoms with E-state index < -0.39 is 0 Å². The number of carbonyl (C=O) groups excluding carboxylic acids is 1. The van der Waals surface area contributed by atoms with Crippen LogP contribution in [0.1, 0.15) is 12.1 Å². The maximum absolute atomic E-state index is 11.8. The number of carbonyl (C=O) groups is 1. The third-order valence-corrected chi connectivity index (χ3v) is 4.20. The average molecular weight is 388 g/mol. The summed E-state index contributed by atoms with van der Waals surface area (Å²) in [5, 5.41) is 4.63. The second-order valence-corrected chi connectivity index (χ2v) is 6.17. The number of halogens is 1. The molecule has 0 aliphatic carbocycles. The van der Waals surface area contributed by atoms with Crippen LogP contribution in [0.25, 0.3) is 0 Å². The van der Waals surface area contributed by atoms with Crippen molar-refractivity contribution in [2.24, 2.45) is 0 Å². The molecular formula is C13H13IN2O2S. The van der Waals surface area contributed by atoms with Gasteiger partial charge in [-0.15, -0.1) is 0 Å². The number of rotatable bonds is 4. The van der Waals surface area contributed by atoms with Crippen molar-refractivity contribution in [2.75, 3.05) is 5.32 Å². The number of thiazole rings is 1. The minimum Gasteiger partial charge on any atom is -0.326 e. The zero-order chi connectivity index (χ0) is 13.8. The van der Waals surface area contributed by atoms with Crippen molar-refractivity contribution in [3.05, 3.63) is 48.6 Å². The smallest absolute Gasteiger partial charge is 0.307 e. The maximum atomic E-state index is 11.8. The minimum atomic E-state index is -0.0838. The Labute approximate surface area is 128 Å². The van der Waals surface area contributed by atoms with Crippen LogP contribution in [-0.4, -0.2) is 10.5 Å². The lowest BCUT2D eigenvalue weighted by molar-refractivity contribution is -0.116. The van der Waals surface area contributed by atoms with E-state index in [2.05, 4.69) is 27.9 Å². The fourth-order valence-electron chi connectivity index (χ4n) is 1.68. The van der Waals surface area contributed by atoms with E-state index in [1.54, 1.807) is 9.95 Å². The van der Waals surface area contributed by atoms with E-state index in [0.29, 0.717) is 13.0 Å². The van der Waals surface area contributed by atoms with E-state index >= 15 is 0 Å². The zero-order valence-corrected chi connectivity index (χ0v) is 13.3. The summed E-state index contributed by atoms with van der Waals surface area (Å²) in [6.45, 7) is 2.29. The van der Waals surface area contributed by atoms with Gasteiger partial charge in [0.15, 0.2) is 0 Å². The first-order chi connectivity index (χ1) is 9.06. The van der Waals surface area contributed by atoms with Crippen molar-refractivity contribution in [2.45, 2.75) is 19.9 Å². The van der Waals surface area contributed by atoms with Crippen LogP contribution in [0.5, 0.6) is 0 Å². The monoisotopic (exact) mass is 388 g/mol. The van der Waals surface area contributed by atoms with Crippen LogP contribution in [0, 0.1) is 10.5 Å². The fraction of sp³-hybridized carbons (Fsp3) is 0.231. The highest BCUT2D eigenvalue weighted by molar-refractivity contribution is 14.1. The van der Waals surface area contributed by atoms with E-state index in [0.717, 1.165) is 26.3 Å². The molecule has 1 aromatic carbocycles. The Morgan fingerprint density at radius 2 is 2.26 bits per heavy atom. The number of anilines is 1. The molecule has 100 valence electrons. The van der Waals surface area contributed by atoms with Gasteiger partial charge in [0, 0.05) is 33.3 Å². The van der Waals surface area contributed by atoms with E-state index in [1.165, 1.54) is 0 Å². The highest BCUT2D eigenvalue weighted by Crippen LogP contribution is 2.12. The summed E-state index contributed by atoms with van der Waals surface area (Å²) in [6.07, 6.45) is 0.295. The van der Waals surface area contributed by atoms with E-state index in [4.69, 9.17) is 0 Å². The Hall–Kier alpha value is -1.15. The molecule has 0 aliphatic heterocycles. The lowest BCUT2D eigenvalue weighted by Gasteiger charge is -2.07. The van der Waals surface area contributed by atoms with Gasteiger partial charge in [-0.3, -0.25) is 9.59 Å². The number of hydrogen-bond acceptors (Lipinski definition) is 3. The van der Waals surface area contributed by atoms with Gasteiger partial charge in [-0.05, 0) is 47.7 Å². The van der Waals surface area contributed by atoms with Crippen LogP contribution in [0.4, 0.5) is 5.69 Å². The molecule has 1 heterocycles. The molecule has 0 fully saturated rings. The molecule has 0 radical (unpaired) electrons. The van der Waals surface area contributed by atoms with Crippen LogP contribution in [-0.2, 0) is 11.3 Å². The summed E-state index contributed by atoms with van der Waals surface area (Å²) in [7, 11) is 0. The van der Waals surface area contributed by atoms with Gasteiger partial charge in [0.25, 0.3) is 0 Å². The van der Waals surface area contributed by atoms with Gasteiger partial charge in [-0.1, -0.05) is 17.4 Å². The second-order valence-electron chi connectivity index (χ2n) is 4.10. The van der Waals surface area contributed by atoms with Crippen LogP contribution in [0.3, 0.4) is 0 Å². The first-order valence-corrected chi connectivity index (χ1v) is 7.72. The van der Waals surface area contributed by atoms with Gasteiger partial charge in [0.2, 0.25) is 5.91 Å². The molecule has 0 saturated heterocycles. The van der Waals surface area contributed by atoms with Crippen LogP contribution in [0.15, 0.2) is 34.4 Å². The molecule has 19 heavy (non-hydrogen) atoms. The summed E-state index contributed by atoms with van der Waals surface area (Å²) in [5.41, 5.74) is 1.68. The average Bonchev–Trinajstić information content (AvgIpc) is 2.67. The SMILES string of the molecule is Cc1csc(=O)n1CCC(=O)Nc1cccc(I)c1. The van der Waals surface area contributed by atoms with Crippen LogP contribution < -0.4 is 10.2 Å². The van der Waals surface area contributed by atoms with E-state index in [1.807, 2.05) is 31.2 Å². The standard InChI is InChI=1S/C13H13IN2O2S/c1-9-8-19-13(18)16(9)6-5-12(17)15-11-4-2-3-10(14)7-11/h2-4,7-8H,5-6H2,1H3,(H,15,17). The molecule has 4 nitrogen and oxygen atoms in total.